The molecule has 0 bridgehead atoms. The van der Waals surface area contributed by atoms with Crippen molar-refractivity contribution in [3.63, 3.8) is 0 Å². The van der Waals surface area contributed by atoms with Gasteiger partial charge in [0.05, 0.1) is 5.92 Å². The fourth-order valence-corrected chi connectivity index (χ4v) is 14.4. The van der Waals surface area contributed by atoms with E-state index in [2.05, 4.69) is 48.1 Å². The molecule has 3 fully saturated rings. The van der Waals surface area contributed by atoms with Crippen LogP contribution in [0.3, 0.4) is 0 Å². The molecule has 41 heavy (non-hydrogen) atoms. The molecule has 0 spiro atoms. The number of carbonyl (C=O) groups is 2. The van der Waals surface area contributed by atoms with Crippen LogP contribution < -0.4 is 0 Å². The molecule has 2 saturated heterocycles. The Morgan fingerprint density at radius 3 is 2.37 bits per heavy atom. The van der Waals surface area contributed by atoms with E-state index in [1.54, 1.807) is 0 Å². The number of unbranched alkanes of at least 4 members (excludes halogenated alkanes) is 1. The van der Waals surface area contributed by atoms with E-state index in [0.29, 0.717) is 23.2 Å². The minimum Gasteiger partial charge on any atom is -0.461 e. The Kier molecular flexibility index (Phi) is 10.4. The first-order chi connectivity index (χ1) is 19.5. The molecule has 1 aromatic carbocycles. The van der Waals surface area contributed by atoms with Crippen LogP contribution in [0.25, 0.3) is 0 Å². The molecule has 6 nitrogen and oxygen atoms in total. The molecule has 4 rings (SSSR count). The van der Waals surface area contributed by atoms with Gasteiger partial charge < -0.3 is 18.8 Å². The zero-order chi connectivity index (χ0) is 29.9. The molecule has 1 aromatic rings. The number of fused-ring (bicyclic) bond motifs is 3. The third-order valence-corrected chi connectivity index (χ3v) is 16.7. The van der Waals surface area contributed by atoms with Gasteiger partial charge in [-0.25, -0.2) is 4.79 Å². The van der Waals surface area contributed by atoms with E-state index in [1.807, 2.05) is 48.2 Å². The number of benzene rings is 1. The molecule has 228 valence electrons. The molecular formula is C34H53NO5Si. The zero-order valence-electron chi connectivity index (χ0n) is 26.4. The average Bonchev–Trinajstić information content (AvgIpc) is 3.50. The van der Waals surface area contributed by atoms with Gasteiger partial charge in [-0.15, -0.1) is 6.58 Å². The van der Waals surface area contributed by atoms with E-state index in [-0.39, 0.29) is 60.4 Å². The summed E-state index contributed by atoms with van der Waals surface area (Å²) in [4.78, 5) is 28.2. The first kappa shape index (κ1) is 31.8. The molecule has 0 aromatic heterocycles. The number of likely N-dealkylation sites (tertiary alicyclic amines) is 1. The smallest absolute Gasteiger partial charge is 0.410 e. The predicted molar refractivity (Wildman–Crippen MR) is 166 cm³/mol. The van der Waals surface area contributed by atoms with Crippen LogP contribution in [0, 0.1) is 29.6 Å². The number of nitrogens with zero attached hydrogens (tertiary/aromatic N) is 1. The molecule has 1 saturated carbocycles. The quantitative estimate of drug-likeness (QED) is 0.108. The van der Waals surface area contributed by atoms with E-state index in [0.717, 1.165) is 37.9 Å². The van der Waals surface area contributed by atoms with Crippen LogP contribution in [0.1, 0.15) is 79.7 Å². The highest BCUT2D eigenvalue weighted by molar-refractivity contribution is 6.77. The lowest BCUT2D eigenvalue weighted by Gasteiger charge is -2.48. The van der Waals surface area contributed by atoms with Crippen LogP contribution in [0.15, 0.2) is 43.0 Å². The summed E-state index contributed by atoms with van der Waals surface area (Å²) in [6, 6.07) is 9.85. The van der Waals surface area contributed by atoms with Crippen molar-refractivity contribution in [2.24, 2.45) is 29.6 Å². The van der Waals surface area contributed by atoms with Crippen LogP contribution in [0.4, 0.5) is 4.79 Å². The van der Waals surface area contributed by atoms with Crippen molar-refractivity contribution < 1.29 is 23.5 Å². The summed E-state index contributed by atoms with van der Waals surface area (Å²) in [5, 5.41) is 0. The lowest BCUT2D eigenvalue weighted by atomic mass is 9.60. The first-order valence-electron chi connectivity index (χ1n) is 16.0. The van der Waals surface area contributed by atoms with Gasteiger partial charge in [-0.1, -0.05) is 91.3 Å². The Morgan fingerprint density at radius 1 is 1.10 bits per heavy atom. The largest absolute Gasteiger partial charge is 0.461 e. The Labute approximate surface area is 249 Å². The van der Waals surface area contributed by atoms with Crippen molar-refractivity contribution in [1.29, 1.82) is 0 Å². The molecule has 0 unspecified atom stereocenters. The van der Waals surface area contributed by atoms with Crippen LogP contribution in [0.2, 0.25) is 16.6 Å². The van der Waals surface area contributed by atoms with Gasteiger partial charge in [0, 0.05) is 31.0 Å². The summed E-state index contributed by atoms with van der Waals surface area (Å²) in [7, 11) is -1.90. The van der Waals surface area contributed by atoms with Crippen LogP contribution in [0.5, 0.6) is 0 Å². The van der Waals surface area contributed by atoms with Gasteiger partial charge in [0.1, 0.15) is 12.7 Å². The molecular weight excluding hydrogens is 530 g/mol. The lowest BCUT2D eigenvalue weighted by Crippen LogP contribution is -2.55. The van der Waals surface area contributed by atoms with E-state index in [4.69, 9.17) is 13.9 Å². The van der Waals surface area contributed by atoms with Crippen molar-refractivity contribution in [2.45, 2.75) is 110 Å². The second-order valence-corrected chi connectivity index (χ2v) is 19.0. The number of ether oxygens (including phenoxy) is 2. The second kappa shape index (κ2) is 13.5. The van der Waals surface area contributed by atoms with E-state index in [1.165, 1.54) is 0 Å². The van der Waals surface area contributed by atoms with E-state index in [9.17, 15) is 9.59 Å². The van der Waals surface area contributed by atoms with Crippen LogP contribution >= 0.6 is 0 Å². The number of rotatable bonds is 12. The fourth-order valence-electron chi connectivity index (χ4n) is 8.91. The Bertz CT molecular complexity index is 1020. The summed E-state index contributed by atoms with van der Waals surface area (Å²) in [5.41, 5.74) is 2.68. The molecule has 2 heterocycles. The topological polar surface area (TPSA) is 65.1 Å². The Morgan fingerprint density at radius 2 is 1.76 bits per heavy atom. The Balaban J connectivity index is 1.48. The molecule has 1 aliphatic carbocycles. The van der Waals surface area contributed by atoms with Crippen molar-refractivity contribution in [1.82, 2.24) is 4.90 Å². The SMILES string of the molecule is C=C[C@@H]1[C@@H](CCCCO[Si](C(C)C)(C(C)C)C(C)C)[C@@H]2[C@H](CCN2C(=O)OCc2ccccc2)[C@@H]2[C@H]1OC(=O)[C@H]2C. The number of amides is 1. The molecule has 0 N–H and O–H groups in total. The highest BCUT2D eigenvalue weighted by Crippen LogP contribution is 2.54. The van der Waals surface area contributed by atoms with Gasteiger partial charge in [0.2, 0.25) is 0 Å². The normalized spacial score (nSPS) is 29.6. The lowest BCUT2D eigenvalue weighted by molar-refractivity contribution is -0.146. The highest BCUT2D eigenvalue weighted by Gasteiger charge is 2.61. The third-order valence-electron chi connectivity index (χ3n) is 10.6. The number of carbonyl (C=O) groups excluding carboxylic acids is 2. The average molecular weight is 584 g/mol. The van der Waals surface area contributed by atoms with Gasteiger partial charge in [-0.05, 0) is 53.3 Å². The molecule has 7 heteroatoms. The zero-order valence-corrected chi connectivity index (χ0v) is 27.4. The number of esters is 1. The Hall–Kier alpha value is -2.12. The second-order valence-electron chi connectivity index (χ2n) is 13.6. The maximum Gasteiger partial charge on any atom is 0.410 e. The predicted octanol–water partition coefficient (Wildman–Crippen LogP) is 7.99. The number of hydrogen-bond acceptors (Lipinski definition) is 5. The summed E-state index contributed by atoms with van der Waals surface area (Å²) < 4.78 is 18.7. The molecule has 0 radical (unpaired) electrons. The minimum absolute atomic E-state index is 0.0223. The third kappa shape index (κ3) is 6.17. The number of hydrogen-bond donors (Lipinski definition) is 0. The van der Waals surface area contributed by atoms with Crippen molar-refractivity contribution >= 4 is 20.4 Å². The molecule has 3 aliphatic rings. The summed E-state index contributed by atoms with van der Waals surface area (Å²) in [6.07, 6.45) is 5.39. The van der Waals surface area contributed by atoms with Gasteiger partial charge in [-0.3, -0.25) is 4.79 Å². The van der Waals surface area contributed by atoms with Crippen molar-refractivity contribution in [2.75, 3.05) is 13.2 Å². The van der Waals surface area contributed by atoms with Crippen LogP contribution in [-0.4, -0.2) is 50.6 Å². The fraction of sp³-hybridized carbons (Fsp3) is 0.706. The van der Waals surface area contributed by atoms with Crippen molar-refractivity contribution in [3.8, 4) is 0 Å². The van der Waals surface area contributed by atoms with E-state index >= 15 is 0 Å². The maximum atomic E-state index is 13.5. The highest BCUT2D eigenvalue weighted by atomic mass is 28.4. The summed E-state index contributed by atoms with van der Waals surface area (Å²) in [5.74, 6) is 0.260. The molecule has 1 amide bonds. The monoisotopic (exact) mass is 583 g/mol. The first-order valence-corrected chi connectivity index (χ1v) is 18.1. The maximum absolute atomic E-state index is 13.5. The van der Waals surface area contributed by atoms with Gasteiger partial charge >= 0.3 is 12.1 Å². The van der Waals surface area contributed by atoms with Crippen molar-refractivity contribution in [3.05, 3.63) is 48.6 Å². The molecule has 7 atom stereocenters. The standard InChI is InChI=1S/C34H53NO5Si/c1-9-27-28(17-13-14-20-39-41(22(2)3,23(4)5)24(6)7)31-29(30-25(8)33(36)40-32(27)30)18-19-35(31)34(37)38-21-26-15-11-10-12-16-26/h9-12,15-16,22-25,27-32H,1,13-14,17-21H2,2-8H3/t25-,27+,28+,29+,30+,31+,32-/m0/s1. The van der Waals surface area contributed by atoms with Crippen LogP contribution in [-0.2, 0) is 25.3 Å². The van der Waals surface area contributed by atoms with Gasteiger partial charge in [-0.2, -0.15) is 0 Å². The molecule has 2 aliphatic heterocycles. The van der Waals surface area contributed by atoms with Gasteiger partial charge in [0.15, 0.2) is 8.32 Å². The van der Waals surface area contributed by atoms with E-state index < -0.39 is 8.32 Å². The summed E-state index contributed by atoms with van der Waals surface area (Å²) in [6.45, 7) is 21.9. The minimum atomic E-state index is -1.90. The van der Waals surface area contributed by atoms with Gasteiger partial charge in [0.25, 0.3) is 0 Å². The summed E-state index contributed by atoms with van der Waals surface area (Å²) >= 11 is 0.